The molecule has 0 bridgehead atoms. The van der Waals surface area contributed by atoms with E-state index in [-0.39, 0.29) is 23.4 Å². The van der Waals surface area contributed by atoms with Crippen molar-refractivity contribution in [2.45, 2.75) is 51.2 Å². The van der Waals surface area contributed by atoms with Crippen LogP contribution in [-0.2, 0) is 22.6 Å². The number of ketones is 1. The van der Waals surface area contributed by atoms with Gasteiger partial charge in [-0.25, -0.2) is 9.59 Å². The van der Waals surface area contributed by atoms with Crippen molar-refractivity contribution >= 4 is 17.4 Å². The number of hydrogen-bond acceptors (Lipinski definition) is 8. The number of nitrogens with zero attached hydrogens (tertiary/aromatic N) is 5. The molecule has 32 heavy (non-hydrogen) atoms. The molecule has 0 spiro atoms. The molecular weight excluding hydrogens is 412 g/mol. The Morgan fingerprint density at radius 2 is 1.81 bits per heavy atom. The Kier molecular flexibility index (Phi) is 6.40. The Hall–Kier alpha value is -3.01. The smallest absolute Gasteiger partial charge is 0.363 e. The number of nitrogens with one attached hydrogen (secondary N) is 1. The van der Waals surface area contributed by atoms with Gasteiger partial charge in [0.25, 0.3) is 0 Å². The largest absolute Gasteiger partial charge is 0.467 e. The van der Waals surface area contributed by atoms with Crippen molar-refractivity contribution in [2.75, 3.05) is 32.1 Å². The molecule has 172 valence electrons. The molecule has 4 rings (SSSR count). The normalized spacial score (nSPS) is 18.3. The van der Waals surface area contributed by atoms with Gasteiger partial charge in [0, 0.05) is 43.3 Å². The molecule has 10 nitrogen and oxygen atoms in total. The number of likely N-dealkylation sites (tertiary alicyclic amines) is 1. The van der Waals surface area contributed by atoms with Gasteiger partial charge in [0.15, 0.2) is 5.78 Å². The molecule has 1 aliphatic heterocycles. The van der Waals surface area contributed by atoms with Crippen LogP contribution in [0.1, 0.15) is 43.0 Å². The SMILES string of the molecule is CCn1nnn(CCN2CCC(Nc3ccccc3C(=O)C3CC3)(C(=O)OC)CC2)c1=O. The fourth-order valence-electron chi connectivity index (χ4n) is 4.25. The summed E-state index contributed by atoms with van der Waals surface area (Å²) in [5.41, 5.74) is 0.213. The van der Waals surface area contributed by atoms with E-state index in [1.165, 1.54) is 16.5 Å². The topological polar surface area (TPSA) is 111 Å². The highest BCUT2D eigenvalue weighted by Gasteiger charge is 2.43. The zero-order valence-corrected chi connectivity index (χ0v) is 18.6. The van der Waals surface area contributed by atoms with E-state index in [0.717, 1.165) is 12.8 Å². The van der Waals surface area contributed by atoms with Gasteiger partial charge in [0.1, 0.15) is 5.54 Å². The lowest BCUT2D eigenvalue weighted by Crippen LogP contribution is -2.55. The molecule has 1 saturated heterocycles. The molecule has 1 N–H and O–H groups in total. The van der Waals surface area contributed by atoms with Crippen LogP contribution in [0.3, 0.4) is 0 Å². The number of carbonyl (C=O) groups excluding carboxylic acids is 2. The molecule has 0 unspecified atom stereocenters. The van der Waals surface area contributed by atoms with Gasteiger partial charge < -0.3 is 15.0 Å². The van der Waals surface area contributed by atoms with Gasteiger partial charge in [0.05, 0.1) is 13.7 Å². The minimum atomic E-state index is -0.895. The number of hydrogen-bond donors (Lipinski definition) is 1. The lowest BCUT2D eigenvalue weighted by molar-refractivity contribution is -0.147. The number of ether oxygens (including phenoxy) is 1. The maximum absolute atomic E-state index is 12.8. The molecular formula is C22H30N6O4. The van der Waals surface area contributed by atoms with Crippen molar-refractivity contribution in [3.05, 3.63) is 40.3 Å². The maximum atomic E-state index is 12.8. The van der Waals surface area contributed by atoms with Crippen molar-refractivity contribution in [3.8, 4) is 0 Å². The zero-order chi connectivity index (χ0) is 22.7. The number of anilines is 1. The summed E-state index contributed by atoms with van der Waals surface area (Å²) in [7, 11) is 1.39. The average molecular weight is 443 g/mol. The van der Waals surface area contributed by atoms with E-state index >= 15 is 0 Å². The molecule has 2 aliphatic rings. The molecule has 1 aromatic heterocycles. The van der Waals surface area contributed by atoms with Gasteiger partial charge in [-0.3, -0.25) is 4.79 Å². The number of tetrazole rings is 1. The number of carbonyl (C=O) groups is 2. The van der Waals surface area contributed by atoms with E-state index in [1.54, 1.807) is 0 Å². The van der Waals surface area contributed by atoms with Crippen LogP contribution in [0.2, 0.25) is 0 Å². The Labute approximate surface area is 186 Å². The summed E-state index contributed by atoms with van der Waals surface area (Å²) < 4.78 is 7.84. The lowest BCUT2D eigenvalue weighted by Gasteiger charge is -2.41. The van der Waals surface area contributed by atoms with Crippen LogP contribution >= 0.6 is 0 Å². The molecule has 1 aromatic carbocycles. The number of aromatic nitrogens is 4. The van der Waals surface area contributed by atoms with Crippen molar-refractivity contribution in [1.29, 1.82) is 0 Å². The van der Waals surface area contributed by atoms with Crippen LogP contribution in [0.25, 0.3) is 0 Å². The Morgan fingerprint density at radius 1 is 1.12 bits per heavy atom. The van der Waals surface area contributed by atoms with E-state index in [1.807, 2.05) is 31.2 Å². The summed E-state index contributed by atoms with van der Waals surface area (Å²) >= 11 is 0. The number of esters is 1. The maximum Gasteiger partial charge on any atom is 0.363 e. The number of piperidine rings is 1. The molecule has 2 fully saturated rings. The molecule has 1 saturated carbocycles. The van der Waals surface area contributed by atoms with Gasteiger partial charge >= 0.3 is 11.7 Å². The first kappa shape index (κ1) is 22.2. The molecule has 1 aliphatic carbocycles. The molecule has 0 amide bonds. The molecule has 2 aromatic rings. The zero-order valence-electron chi connectivity index (χ0n) is 18.6. The summed E-state index contributed by atoms with van der Waals surface area (Å²) in [6.07, 6.45) is 2.92. The second kappa shape index (κ2) is 9.23. The lowest BCUT2D eigenvalue weighted by atomic mass is 9.86. The molecule has 10 heteroatoms. The van der Waals surface area contributed by atoms with Crippen LogP contribution in [0, 0.1) is 5.92 Å². The van der Waals surface area contributed by atoms with Crippen molar-refractivity contribution in [3.63, 3.8) is 0 Å². The van der Waals surface area contributed by atoms with Crippen LogP contribution in [0.5, 0.6) is 0 Å². The van der Waals surface area contributed by atoms with E-state index in [0.29, 0.717) is 56.8 Å². The van der Waals surface area contributed by atoms with Crippen LogP contribution in [0.4, 0.5) is 5.69 Å². The Balaban J connectivity index is 1.44. The van der Waals surface area contributed by atoms with E-state index < -0.39 is 5.54 Å². The van der Waals surface area contributed by atoms with E-state index in [9.17, 15) is 14.4 Å². The first-order valence-electron chi connectivity index (χ1n) is 11.2. The number of Topliss-reactive ketones (excluding diaryl/α,β-unsaturated/α-hetero) is 1. The van der Waals surface area contributed by atoms with Crippen LogP contribution in [0.15, 0.2) is 29.1 Å². The number of benzene rings is 1. The highest BCUT2D eigenvalue weighted by molar-refractivity contribution is 6.04. The summed E-state index contributed by atoms with van der Waals surface area (Å²) in [6, 6.07) is 7.40. The number of para-hydroxylation sites is 1. The van der Waals surface area contributed by atoms with Gasteiger partial charge in [-0.05, 0) is 55.2 Å². The summed E-state index contributed by atoms with van der Waals surface area (Å²) in [5.74, 6) is -0.0907. The first-order valence-corrected chi connectivity index (χ1v) is 11.2. The molecule has 2 heterocycles. The van der Waals surface area contributed by atoms with Gasteiger partial charge in [0.2, 0.25) is 0 Å². The quantitative estimate of drug-likeness (QED) is 0.455. The Morgan fingerprint density at radius 3 is 2.44 bits per heavy atom. The van der Waals surface area contributed by atoms with Crippen molar-refractivity contribution < 1.29 is 14.3 Å². The standard InChI is InChI=1S/C22H30N6O4/c1-3-27-21(31)28(25-24-27)15-14-26-12-10-22(11-13-26,20(30)32-2)23-18-7-5-4-6-17(18)19(29)16-8-9-16/h4-7,16,23H,3,8-15H2,1-2H3. The second-order valence-corrected chi connectivity index (χ2v) is 8.52. The summed E-state index contributed by atoms with van der Waals surface area (Å²) in [4.78, 5) is 39.9. The third-order valence-electron chi connectivity index (χ3n) is 6.43. The van der Waals surface area contributed by atoms with Crippen molar-refractivity contribution in [2.24, 2.45) is 5.92 Å². The minimum absolute atomic E-state index is 0.1000. The highest BCUT2D eigenvalue weighted by Crippen LogP contribution is 2.36. The Bertz CT molecular complexity index is 1030. The fourth-order valence-corrected chi connectivity index (χ4v) is 4.25. The van der Waals surface area contributed by atoms with E-state index in [4.69, 9.17) is 4.74 Å². The number of methoxy groups -OCH3 is 1. The van der Waals surface area contributed by atoms with Crippen molar-refractivity contribution in [1.82, 2.24) is 24.7 Å². The van der Waals surface area contributed by atoms with Crippen LogP contribution < -0.4 is 11.0 Å². The third kappa shape index (κ3) is 4.45. The first-order chi connectivity index (χ1) is 15.5. The van der Waals surface area contributed by atoms with Crippen LogP contribution in [-0.4, -0.2) is 68.7 Å². The highest BCUT2D eigenvalue weighted by atomic mass is 16.5. The summed E-state index contributed by atoms with van der Waals surface area (Å²) in [5, 5.41) is 11.1. The van der Waals surface area contributed by atoms with Gasteiger partial charge in [-0.15, -0.1) is 0 Å². The molecule has 0 atom stereocenters. The second-order valence-electron chi connectivity index (χ2n) is 8.52. The molecule has 0 radical (unpaired) electrons. The summed E-state index contributed by atoms with van der Waals surface area (Å²) in [6.45, 7) is 4.71. The fraction of sp³-hybridized carbons (Fsp3) is 0.591. The number of rotatable bonds is 9. The minimum Gasteiger partial charge on any atom is -0.467 e. The monoisotopic (exact) mass is 442 g/mol. The number of aryl methyl sites for hydroxylation is 1. The third-order valence-corrected chi connectivity index (χ3v) is 6.43. The van der Waals surface area contributed by atoms with Gasteiger partial charge in [-0.2, -0.15) is 9.36 Å². The van der Waals surface area contributed by atoms with E-state index in [2.05, 4.69) is 20.6 Å². The average Bonchev–Trinajstić information content (AvgIpc) is 3.61. The van der Waals surface area contributed by atoms with Gasteiger partial charge in [-0.1, -0.05) is 12.1 Å². The predicted octanol–water partition coefficient (Wildman–Crippen LogP) is 1.17. The predicted molar refractivity (Wildman–Crippen MR) is 117 cm³/mol.